The second-order valence-corrected chi connectivity index (χ2v) is 7.94. The van der Waals surface area contributed by atoms with Crippen LogP contribution in [0.2, 0.25) is 0 Å². The number of aliphatic carboxylic acids is 1. The molecule has 2 aliphatic rings. The minimum atomic E-state index is -0.746. The molecule has 0 spiro atoms. The lowest BCUT2D eigenvalue weighted by molar-refractivity contribution is -0.137. The zero-order valence-electron chi connectivity index (χ0n) is 16.1. The maximum atomic E-state index is 10.6. The summed E-state index contributed by atoms with van der Waals surface area (Å²) >= 11 is 0. The van der Waals surface area contributed by atoms with E-state index in [4.69, 9.17) is 9.84 Å². The van der Waals surface area contributed by atoms with Gasteiger partial charge in [-0.25, -0.2) is 0 Å². The molecule has 0 unspecified atom stereocenters. The van der Waals surface area contributed by atoms with Crippen molar-refractivity contribution in [3.05, 3.63) is 54.1 Å². The van der Waals surface area contributed by atoms with E-state index in [9.17, 15) is 15.0 Å². The number of benzene rings is 1. The van der Waals surface area contributed by atoms with Crippen LogP contribution in [0.3, 0.4) is 0 Å². The van der Waals surface area contributed by atoms with Crippen LogP contribution in [0.15, 0.2) is 54.1 Å². The number of hydrogen-bond acceptors (Lipinski definition) is 4. The van der Waals surface area contributed by atoms with Gasteiger partial charge in [-0.2, -0.15) is 0 Å². The highest BCUT2D eigenvalue weighted by atomic mass is 16.5. The lowest BCUT2D eigenvalue weighted by Crippen LogP contribution is -2.19. The number of ether oxygens (including phenoxy) is 1. The maximum absolute atomic E-state index is 10.6. The van der Waals surface area contributed by atoms with Gasteiger partial charge in [-0.1, -0.05) is 42.0 Å². The molecule has 0 heterocycles. The fourth-order valence-electron chi connectivity index (χ4n) is 4.51. The number of aliphatic hydroxyl groups is 2. The number of carbonyl (C=O) groups is 1. The summed E-state index contributed by atoms with van der Waals surface area (Å²) in [4.78, 5) is 10.6. The number of carboxylic acid groups (broad SMARTS) is 1. The third-order valence-corrected chi connectivity index (χ3v) is 5.86. The summed E-state index contributed by atoms with van der Waals surface area (Å²) in [6.45, 7) is 0.187. The Kier molecular flexibility index (Phi) is 7.29. The SMILES string of the molecule is O=C(O)CCC/C=C1\C[C@@H]2C[C@@H](O)[C@H](/C=C/[C@H](O)COc3ccccc3)[C@H]2C1. The summed E-state index contributed by atoms with van der Waals surface area (Å²) in [6.07, 6.45) is 9.27. The van der Waals surface area contributed by atoms with Crippen LogP contribution in [-0.2, 0) is 4.79 Å². The molecule has 0 amide bonds. The summed E-state index contributed by atoms with van der Waals surface area (Å²) < 4.78 is 5.57. The van der Waals surface area contributed by atoms with Crippen LogP contribution in [-0.4, -0.2) is 40.1 Å². The molecule has 2 aliphatic carbocycles. The number of para-hydroxylation sites is 1. The molecule has 0 aromatic heterocycles. The van der Waals surface area contributed by atoms with Gasteiger partial charge in [-0.05, 0) is 56.1 Å². The lowest BCUT2D eigenvalue weighted by atomic mass is 9.90. The normalized spacial score (nSPS) is 29.3. The van der Waals surface area contributed by atoms with Gasteiger partial charge in [0, 0.05) is 12.3 Å². The van der Waals surface area contributed by atoms with E-state index < -0.39 is 12.1 Å². The van der Waals surface area contributed by atoms with Crippen molar-refractivity contribution < 1.29 is 24.9 Å². The molecule has 0 bridgehead atoms. The predicted octanol–water partition coefficient (Wildman–Crippen LogP) is 3.57. The highest BCUT2D eigenvalue weighted by Crippen LogP contribution is 2.50. The summed E-state index contributed by atoms with van der Waals surface area (Å²) in [5, 5.41) is 29.3. The van der Waals surface area contributed by atoms with Gasteiger partial charge in [0.15, 0.2) is 0 Å². The Morgan fingerprint density at radius 2 is 2.04 bits per heavy atom. The van der Waals surface area contributed by atoms with Gasteiger partial charge in [0.1, 0.15) is 18.5 Å². The molecule has 5 heteroatoms. The Bertz CT molecular complexity index is 696. The van der Waals surface area contributed by atoms with E-state index >= 15 is 0 Å². The van der Waals surface area contributed by atoms with E-state index in [-0.39, 0.29) is 25.0 Å². The van der Waals surface area contributed by atoms with Crippen molar-refractivity contribution in [3.63, 3.8) is 0 Å². The van der Waals surface area contributed by atoms with E-state index in [1.165, 1.54) is 5.57 Å². The fraction of sp³-hybridized carbons (Fsp3) is 0.522. The average Bonchev–Trinajstić information content (AvgIpc) is 3.19. The molecule has 2 fully saturated rings. The first-order valence-electron chi connectivity index (χ1n) is 10.1. The molecule has 5 atom stereocenters. The summed E-state index contributed by atoms with van der Waals surface area (Å²) in [6, 6.07) is 9.39. The third-order valence-electron chi connectivity index (χ3n) is 5.86. The minimum absolute atomic E-state index is 0.0568. The maximum Gasteiger partial charge on any atom is 0.303 e. The number of hydrogen-bond donors (Lipinski definition) is 3. The average molecular weight is 386 g/mol. The number of rotatable bonds is 9. The molecule has 0 saturated heterocycles. The van der Waals surface area contributed by atoms with E-state index in [1.54, 1.807) is 6.08 Å². The van der Waals surface area contributed by atoms with Gasteiger partial charge >= 0.3 is 5.97 Å². The van der Waals surface area contributed by atoms with Crippen LogP contribution in [0.25, 0.3) is 0 Å². The van der Waals surface area contributed by atoms with Gasteiger partial charge in [-0.3, -0.25) is 4.79 Å². The van der Waals surface area contributed by atoms with E-state index in [0.29, 0.717) is 18.3 Å². The van der Waals surface area contributed by atoms with Crippen molar-refractivity contribution in [3.8, 4) is 5.75 Å². The quantitative estimate of drug-likeness (QED) is 0.446. The summed E-state index contributed by atoms with van der Waals surface area (Å²) in [5.74, 6) is 0.919. The standard InChI is InChI=1S/C23H30O5/c24-18(15-28-19-7-2-1-3-8-19)10-11-20-21-13-16(6-4-5-9-23(26)27)12-17(21)14-22(20)25/h1-3,6-8,10-11,17-18,20-22,24-25H,4-5,9,12-15H2,(H,26,27)/b11-10+,16-6+/t17-,18+,20-,21+,22-/m1/s1. The zero-order valence-corrected chi connectivity index (χ0v) is 16.1. The Morgan fingerprint density at radius 3 is 2.79 bits per heavy atom. The monoisotopic (exact) mass is 386 g/mol. The second kappa shape index (κ2) is 9.89. The zero-order chi connectivity index (χ0) is 19.9. The minimum Gasteiger partial charge on any atom is -0.491 e. The molecule has 3 N–H and O–H groups in total. The topological polar surface area (TPSA) is 87.0 Å². The van der Waals surface area contributed by atoms with Crippen molar-refractivity contribution in [2.75, 3.05) is 6.61 Å². The molecule has 3 rings (SSSR count). The van der Waals surface area contributed by atoms with Crippen LogP contribution in [0.4, 0.5) is 0 Å². The molecule has 0 aliphatic heterocycles. The highest BCUT2D eigenvalue weighted by molar-refractivity contribution is 5.66. The van der Waals surface area contributed by atoms with Crippen LogP contribution >= 0.6 is 0 Å². The molecule has 28 heavy (non-hydrogen) atoms. The van der Waals surface area contributed by atoms with Crippen LogP contribution < -0.4 is 4.74 Å². The number of aliphatic hydroxyl groups excluding tert-OH is 2. The Hall–Kier alpha value is -2.11. The number of allylic oxidation sites excluding steroid dienone is 2. The van der Waals surface area contributed by atoms with Crippen molar-refractivity contribution in [1.29, 1.82) is 0 Å². The molecular weight excluding hydrogens is 356 g/mol. The van der Waals surface area contributed by atoms with Crippen LogP contribution in [0.1, 0.15) is 38.5 Å². The van der Waals surface area contributed by atoms with Crippen molar-refractivity contribution in [2.45, 2.75) is 50.7 Å². The largest absolute Gasteiger partial charge is 0.491 e. The van der Waals surface area contributed by atoms with Gasteiger partial charge in [0.05, 0.1) is 6.10 Å². The van der Waals surface area contributed by atoms with Gasteiger partial charge in [0.2, 0.25) is 0 Å². The predicted molar refractivity (Wildman–Crippen MR) is 107 cm³/mol. The first-order chi connectivity index (χ1) is 13.5. The molecule has 1 aromatic rings. The highest BCUT2D eigenvalue weighted by Gasteiger charge is 2.44. The molecular formula is C23H30O5. The summed E-state index contributed by atoms with van der Waals surface area (Å²) in [7, 11) is 0. The van der Waals surface area contributed by atoms with E-state index in [0.717, 1.165) is 31.4 Å². The molecule has 5 nitrogen and oxygen atoms in total. The molecule has 1 aromatic carbocycles. The second-order valence-electron chi connectivity index (χ2n) is 7.94. The van der Waals surface area contributed by atoms with Gasteiger partial charge in [-0.15, -0.1) is 0 Å². The Balaban J connectivity index is 1.49. The molecule has 0 radical (unpaired) electrons. The summed E-state index contributed by atoms with van der Waals surface area (Å²) in [5.41, 5.74) is 1.39. The lowest BCUT2D eigenvalue weighted by Gasteiger charge is -2.18. The molecule has 2 saturated carbocycles. The van der Waals surface area contributed by atoms with Crippen LogP contribution in [0, 0.1) is 17.8 Å². The van der Waals surface area contributed by atoms with Crippen molar-refractivity contribution >= 4 is 5.97 Å². The number of fused-ring (bicyclic) bond motifs is 1. The Labute approximate surface area is 166 Å². The molecule has 152 valence electrons. The first-order valence-corrected chi connectivity index (χ1v) is 10.1. The van der Waals surface area contributed by atoms with Gasteiger partial charge in [0.25, 0.3) is 0 Å². The number of carboxylic acids is 1. The van der Waals surface area contributed by atoms with Crippen LogP contribution in [0.5, 0.6) is 5.75 Å². The Morgan fingerprint density at radius 1 is 1.25 bits per heavy atom. The van der Waals surface area contributed by atoms with Gasteiger partial charge < -0.3 is 20.1 Å². The fourth-order valence-corrected chi connectivity index (χ4v) is 4.51. The first kappa shape index (κ1) is 20.6. The third kappa shape index (κ3) is 5.69. The van der Waals surface area contributed by atoms with Crippen molar-refractivity contribution in [1.82, 2.24) is 0 Å². The smallest absolute Gasteiger partial charge is 0.303 e. The number of unbranched alkanes of at least 4 members (excludes halogenated alkanes) is 1. The van der Waals surface area contributed by atoms with Crippen molar-refractivity contribution in [2.24, 2.45) is 17.8 Å². The van der Waals surface area contributed by atoms with E-state index in [1.807, 2.05) is 36.4 Å². The van der Waals surface area contributed by atoms with E-state index in [2.05, 4.69) is 6.08 Å².